The lowest BCUT2D eigenvalue weighted by Gasteiger charge is -2.35. The first-order chi connectivity index (χ1) is 11.0. The van der Waals surface area contributed by atoms with E-state index in [9.17, 15) is 12.8 Å². The average molecular weight is 334 g/mol. The molecule has 3 rings (SSSR count). The molecule has 1 aliphatic heterocycles. The van der Waals surface area contributed by atoms with E-state index >= 15 is 0 Å². The van der Waals surface area contributed by atoms with E-state index < -0.39 is 15.8 Å². The van der Waals surface area contributed by atoms with Crippen LogP contribution in [0, 0.1) is 12.7 Å². The molecule has 0 N–H and O–H groups in total. The Labute approximate surface area is 136 Å². The third-order valence-electron chi connectivity index (χ3n) is 4.14. The summed E-state index contributed by atoms with van der Waals surface area (Å²) in [5, 5.41) is 0. The number of nitrogens with zero attached hydrogens (tertiary/aromatic N) is 2. The van der Waals surface area contributed by atoms with Gasteiger partial charge in [0.15, 0.2) is 0 Å². The Morgan fingerprint density at radius 2 is 1.61 bits per heavy atom. The Bertz CT molecular complexity index is 785. The molecule has 6 heteroatoms. The van der Waals surface area contributed by atoms with Crippen LogP contribution in [-0.4, -0.2) is 38.9 Å². The van der Waals surface area contributed by atoms with Gasteiger partial charge in [0.1, 0.15) is 5.82 Å². The summed E-state index contributed by atoms with van der Waals surface area (Å²) < 4.78 is 40.4. The highest BCUT2D eigenvalue weighted by atomic mass is 32.2. The average Bonchev–Trinajstić information content (AvgIpc) is 2.58. The maximum absolute atomic E-state index is 13.7. The van der Waals surface area contributed by atoms with E-state index in [0.717, 1.165) is 11.8 Å². The SMILES string of the molecule is Cc1ccc(S(=O)(=O)N2CCN(c3ccccc3)CC2)cc1F. The van der Waals surface area contributed by atoms with Crippen molar-refractivity contribution >= 4 is 15.7 Å². The lowest BCUT2D eigenvalue weighted by Crippen LogP contribution is -2.48. The molecule has 1 aliphatic rings. The predicted molar refractivity (Wildman–Crippen MR) is 88.6 cm³/mol. The number of halogens is 1. The van der Waals surface area contributed by atoms with Crippen molar-refractivity contribution in [2.75, 3.05) is 31.1 Å². The molecule has 2 aromatic rings. The molecule has 0 aliphatic carbocycles. The van der Waals surface area contributed by atoms with Crippen LogP contribution in [0.1, 0.15) is 5.56 Å². The van der Waals surface area contributed by atoms with Crippen molar-refractivity contribution in [3.63, 3.8) is 0 Å². The van der Waals surface area contributed by atoms with Gasteiger partial charge in [-0.2, -0.15) is 4.31 Å². The molecule has 0 bridgehead atoms. The van der Waals surface area contributed by atoms with Gasteiger partial charge in [0.05, 0.1) is 4.90 Å². The quantitative estimate of drug-likeness (QED) is 0.866. The van der Waals surface area contributed by atoms with Gasteiger partial charge in [-0.1, -0.05) is 24.3 Å². The molecule has 0 radical (unpaired) electrons. The van der Waals surface area contributed by atoms with Crippen LogP contribution in [0.2, 0.25) is 0 Å². The normalized spacial score (nSPS) is 16.5. The maximum atomic E-state index is 13.7. The molecule has 0 saturated carbocycles. The van der Waals surface area contributed by atoms with Gasteiger partial charge in [0, 0.05) is 31.9 Å². The van der Waals surface area contributed by atoms with Gasteiger partial charge in [-0.25, -0.2) is 12.8 Å². The van der Waals surface area contributed by atoms with Crippen molar-refractivity contribution in [1.29, 1.82) is 0 Å². The number of aryl methyl sites for hydroxylation is 1. The van der Waals surface area contributed by atoms with Crippen molar-refractivity contribution in [1.82, 2.24) is 4.31 Å². The first-order valence-electron chi connectivity index (χ1n) is 7.55. The Morgan fingerprint density at radius 1 is 0.957 bits per heavy atom. The van der Waals surface area contributed by atoms with Crippen LogP contribution in [0.5, 0.6) is 0 Å². The van der Waals surface area contributed by atoms with E-state index in [1.54, 1.807) is 6.92 Å². The Morgan fingerprint density at radius 3 is 2.22 bits per heavy atom. The van der Waals surface area contributed by atoms with Crippen LogP contribution in [0.25, 0.3) is 0 Å². The standard InChI is InChI=1S/C17H19FN2O2S/c1-14-7-8-16(13-17(14)18)23(21,22)20-11-9-19(10-12-20)15-5-3-2-4-6-15/h2-8,13H,9-12H2,1H3. The van der Waals surface area contributed by atoms with E-state index in [1.165, 1.54) is 16.4 Å². The highest BCUT2D eigenvalue weighted by molar-refractivity contribution is 7.89. The zero-order valence-corrected chi connectivity index (χ0v) is 13.8. The molecule has 0 spiro atoms. The Hall–Kier alpha value is -1.92. The topological polar surface area (TPSA) is 40.6 Å². The number of benzene rings is 2. The fourth-order valence-electron chi connectivity index (χ4n) is 2.71. The van der Waals surface area contributed by atoms with Gasteiger partial charge in [0.2, 0.25) is 10.0 Å². The van der Waals surface area contributed by atoms with Crippen LogP contribution in [0.15, 0.2) is 53.4 Å². The van der Waals surface area contributed by atoms with Crippen LogP contribution in [-0.2, 0) is 10.0 Å². The van der Waals surface area contributed by atoms with Gasteiger partial charge in [-0.15, -0.1) is 0 Å². The summed E-state index contributed by atoms with van der Waals surface area (Å²) in [6.45, 7) is 3.65. The van der Waals surface area contributed by atoms with Crippen molar-refractivity contribution in [2.24, 2.45) is 0 Å². The number of hydrogen-bond donors (Lipinski definition) is 0. The molecule has 0 unspecified atom stereocenters. The fourth-order valence-corrected chi connectivity index (χ4v) is 4.14. The number of rotatable bonds is 3. The maximum Gasteiger partial charge on any atom is 0.243 e. The molecule has 1 saturated heterocycles. The Kier molecular flexibility index (Phi) is 4.37. The number of hydrogen-bond acceptors (Lipinski definition) is 3. The van der Waals surface area contributed by atoms with Crippen molar-refractivity contribution in [3.05, 3.63) is 59.9 Å². The monoisotopic (exact) mass is 334 g/mol. The molecule has 1 heterocycles. The fraction of sp³-hybridized carbons (Fsp3) is 0.294. The summed E-state index contributed by atoms with van der Waals surface area (Å²) in [4.78, 5) is 2.18. The van der Waals surface area contributed by atoms with Gasteiger partial charge >= 0.3 is 0 Å². The molecule has 122 valence electrons. The van der Waals surface area contributed by atoms with Crippen molar-refractivity contribution in [3.8, 4) is 0 Å². The molecular weight excluding hydrogens is 315 g/mol. The molecule has 1 fully saturated rings. The first-order valence-corrected chi connectivity index (χ1v) is 8.99. The molecule has 0 amide bonds. The van der Waals surface area contributed by atoms with Gasteiger partial charge < -0.3 is 4.90 Å². The minimum atomic E-state index is -3.64. The number of para-hydroxylation sites is 1. The smallest absolute Gasteiger partial charge is 0.243 e. The second kappa shape index (κ2) is 6.29. The summed E-state index contributed by atoms with van der Waals surface area (Å²) >= 11 is 0. The van der Waals surface area contributed by atoms with Crippen molar-refractivity contribution in [2.45, 2.75) is 11.8 Å². The largest absolute Gasteiger partial charge is 0.369 e. The molecule has 0 atom stereocenters. The van der Waals surface area contributed by atoms with Crippen molar-refractivity contribution < 1.29 is 12.8 Å². The summed E-state index contributed by atoms with van der Waals surface area (Å²) in [6.07, 6.45) is 0. The minimum absolute atomic E-state index is 0.0220. The highest BCUT2D eigenvalue weighted by Gasteiger charge is 2.28. The molecular formula is C17H19FN2O2S. The van der Waals surface area contributed by atoms with Crippen LogP contribution in [0.3, 0.4) is 0 Å². The van der Waals surface area contributed by atoms with Gasteiger partial charge in [0.25, 0.3) is 0 Å². The van der Waals surface area contributed by atoms with E-state index in [-0.39, 0.29) is 4.90 Å². The summed E-state index contributed by atoms with van der Waals surface area (Å²) in [6, 6.07) is 14.0. The van der Waals surface area contributed by atoms with Gasteiger partial charge in [-0.3, -0.25) is 0 Å². The number of anilines is 1. The lowest BCUT2D eigenvalue weighted by atomic mass is 10.2. The Balaban J connectivity index is 1.75. The highest BCUT2D eigenvalue weighted by Crippen LogP contribution is 2.22. The number of piperazine rings is 1. The van der Waals surface area contributed by atoms with E-state index in [1.807, 2.05) is 30.3 Å². The second-order valence-electron chi connectivity index (χ2n) is 5.64. The molecule has 23 heavy (non-hydrogen) atoms. The first kappa shape index (κ1) is 16.0. The lowest BCUT2D eigenvalue weighted by molar-refractivity contribution is 0.384. The van der Waals surface area contributed by atoms with E-state index in [4.69, 9.17) is 0 Å². The molecule has 2 aromatic carbocycles. The minimum Gasteiger partial charge on any atom is -0.369 e. The second-order valence-corrected chi connectivity index (χ2v) is 7.58. The molecule has 0 aromatic heterocycles. The number of sulfonamides is 1. The third kappa shape index (κ3) is 3.23. The zero-order chi connectivity index (χ0) is 16.4. The third-order valence-corrected chi connectivity index (χ3v) is 6.04. The summed E-state index contributed by atoms with van der Waals surface area (Å²) in [5.74, 6) is -0.492. The van der Waals surface area contributed by atoms with E-state index in [2.05, 4.69) is 4.90 Å². The summed E-state index contributed by atoms with van der Waals surface area (Å²) in [5.41, 5.74) is 1.53. The predicted octanol–water partition coefficient (Wildman–Crippen LogP) is 2.65. The zero-order valence-electron chi connectivity index (χ0n) is 12.9. The van der Waals surface area contributed by atoms with Crippen LogP contribution < -0.4 is 4.90 Å². The van der Waals surface area contributed by atoms with Crippen LogP contribution >= 0.6 is 0 Å². The van der Waals surface area contributed by atoms with Gasteiger partial charge in [-0.05, 0) is 36.8 Å². The van der Waals surface area contributed by atoms with E-state index in [0.29, 0.717) is 31.7 Å². The summed E-state index contributed by atoms with van der Waals surface area (Å²) in [7, 11) is -3.64. The molecule has 4 nitrogen and oxygen atoms in total. The van der Waals surface area contributed by atoms with Crippen LogP contribution in [0.4, 0.5) is 10.1 Å².